The van der Waals surface area contributed by atoms with Gasteiger partial charge in [-0.3, -0.25) is 9.59 Å². The monoisotopic (exact) mass is 295 g/mol. The number of nitrogens with one attached hydrogen (secondary N) is 1. The molecule has 1 aromatic rings. The maximum absolute atomic E-state index is 12.2. The van der Waals surface area contributed by atoms with Crippen molar-refractivity contribution in [2.24, 2.45) is 5.92 Å². The van der Waals surface area contributed by atoms with Crippen LogP contribution in [0.3, 0.4) is 0 Å². The zero-order valence-corrected chi connectivity index (χ0v) is 12.8. The average Bonchev–Trinajstić information content (AvgIpc) is 2.45. The minimum atomic E-state index is -0.190. The Labute approximate surface area is 123 Å². The van der Waals surface area contributed by atoms with Crippen molar-refractivity contribution in [1.82, 2.24) is 14.9 Å². The first-order chi connectivity index (χ1) is 9.56. The summed E-state index contributed by atoms with van der Waals surface area (Å²) < 4.78 is 0. The second kappa shape index (κ2) is 6.92. The van der Waals surface area contributed by atoms with E-state index in [4.69, 9.17) is 0 Å². The van der Waals surface area contributed by atoms with Crippen LogP contribution in [0, 0.1) is 5.92 Å². The molecule has 6 heteroatoms. The fourth-order valence-corrected chi connectivity index (χ4v) is 3.26. The van der Waals surface area contributed by atoms with E-state index in [-0.39, 0.29) is 11.5 Å². The Morgan fingerprint density at radius 1 is 1.45 bits per heavy atom. The lowest BCUT2D eigenvalue weighted by atomic mass is 9.87. The number of aromatic amines is 1. The summed E-state index contributed by atoms with van der Waals surface area (Å²) in [5, 5.41) is 0.497. The van der Waals surface area contributed by atoms with Crippen molar-refractivity contribution < 1.29 is 4.79 Å². The predicted molar refractivity (Wildman–Crippen MR) is 79.8 cm³/mol. The minimum Gasteiger partial charge on any atom is -0.342 e. The van der Waals surface area contributed by atoms with Crippen molar-refractivity contribution in [1.29, 1.82) is 0 Å². The zero-order valence-electron chi connectivity index (χ0n) is 12.0. The fraction of sp³-hybridized carbons (Fsp3) is 0.643. The Kier molecular flexibility index (Phi) is 5.23. The quantitative estimate of drug-likeness (QED) is 0.680. The van der Waals surface area contributed by atoms with Crippen molar-refractivity contribution in [3.05, 3.63) is 22.6 Å². The Morgan fingerprint density at radius 3 is 2.80 bits per heavy atom. The normalized spacial score (nSPS) is 22.5. The van der Waals surface area contributed by atoms with Crippen molar-refractivity contribution in [2.75, 3.05) is 12.8 Å². The van der Waals surface area contributed by atoms with E-state index in [1.165, 1.54) is 36.9 Å². The molecule has 0 saturated heterocycles. The number of H-pyrrole nitrogens is 1. The highest BCUT2D eigenvalue weighted by molar-refractivity contribution is 7.99. The van der Waals surface area contributed by atoms with E-state index in [9.17, 15) is 9.59 Å². The Morgan fingerprint density at radius 2 is 2.15 bits per heavy atom. The molecule has 2 rings (SSSR count). The third-order valence-electron chi connectivity index (χ3n) is 3.91. The SMILES string of the molecule is CC1CCC(N(C)C(=O)CSc2nccc(=O)[nH]2)CC1. The number of hydrogen-bond donors (Lipinski definition) is 1. The first-order valence-corrected chi connectivity index (χ1v) is 7.98. The highest BCUT2D eigenvalue weighted by atomic mass is 32.2. The standard InChI is InChI=1S/C14H21N3O2S/c1-10-3-5-11(6-4-10)17(2)13(19)9-20-14-15-8-7-12(18)16-14/h7-8,10-11H,3-6,9H2,1-2H3,(H,15,16,18). The lowest BCUT2D eigenvalue weighted by Crippen LogP contribution is -2.40. The molecule has 0 unspecified atom stereocenters. The Bertz CT molecular complexity index is 509. The number of thioether (sulfide) groups is 1. The molecule has 5 nitrogen and oxygen atoms in total. The zero-order chi connectivity index (χ0) is 14.5. The van der Waals surface area contributed by atoms with Gasteiger partial charge in [0.15, 0.2) is 5.16 Å². The van der Waals surface area contributed by atoms with E-state index in [2.05, 4.69) is 16.9 Å². The van der Waals surface area contributed by atoms with Gasteiger partial charge in [0.05, 0.1) is 5.75 Å². The first kappa shape index (κ1) is 15.1. The van der Waals surface area contributed by atoms with E-state index < -0.39 is 0 Å². The average molecular weight is 295 g/mol. The number of aromatic nitrogens is 2. The van der Waals surface area contributed by atoms with Crippen molar-refractivity contribution in [2.45, 2.75) is 43.8 Å². The molecule has 1 heterocycles. The van der Waals surface area contributed by atoms with E-state index in [0.29, 0.717) is 17.0 Å². The van der Waals surface area contributed by atoms with Gasteiger partial charge in [-0.2, -0.15) is 0 Å². The summed E-state index contributed by atoms with van der Waals surface area (Å²) in [5.74, 6) is 1.19. The molecule has 0 aromatic carbocycles. The molecule has 1 aliphatic rings. The number of carbonyl (C=O) groups excluding carboxylic acids is 1. The molecule has 1 aliphatic carbocycles. The second-order valence-corrected chi connectivity index (χ2v) is 6.41. The first-order valence-electron chi connectivity index (χ1n) is 7.00. The highest BCUT2D eigenvalue weighted by Gasteiger charge is 2.24. The Hall–Kier alpha value is -1.30. The molecule has 1 amide bonds. The molecule has 1 saturated carbocycles. The maximum Gasteiger partial charge on any atom is 0.251 e. The van der Waals surface area contributed by atoms with Gasteiger partial charge in [-0.05, 0) is 31.6 Å². The van der Waals surface area contributed by atoms with Crippen LogP contribution in [-0.4, -0.2) is 39.6 Å². The predicted octanol–water partition coefficient (Wildman–Crippen LogP) is 1.90. The van der Waals surface area contributed by atoms with Crippen LogP contribution in [-0.2, 0) is 4.79 Å². The van der Waals surface area contributed by atoms with Gasteiger partial charge in [0.25, 0.3) is 5.56 Å². The molecule has 110 valence electrons. The summed E-state index contributed by atoms with van der Waals surface area (Å²) in [6.07, 6.45) is 6.03. The third-order valence-corrected chi connectivity index (χ3v) is 4.78. The summed E-state index contributed by atoms with van der Waals surface area (Å²) >= 11 is 1.28. The van der Waals surface area contributed by atoms with E-state index >= 15 is 0 Å². The second-order valence-electron chi connectivity index (χ2n) is 5.45. The van der Waals surface area contributed by atoms with Crippen molar-refractivity contribution >= 4 is 17.7 Å². The molecule has 1 aromatic heterocycles. The molecule has 0 bridgehead atoms. The molecule has 0 atom stereocenters. The largest absolute Gasteiger partial charge is 0.342 e. The topological polar surface area (TPSA) is 66.1 Å². The number of rotatable bonds is 4. The van der Waals surface area contributed by atoms with Crippen LogP contribution in [0.4, 0.5) is 0 Å². The molecule has 0 spiro atoms. The summed E-state index contributed by atoms with van der Waals surface area (Å²) in [6.45, 7) is 2.27. The van der Waals surface area contributed by atoms with Gasteiger partial charge in [0.1, 0.15) is 0 Å². The molecule has 0 aliphatic heterocycles. The summed E-state index contributed by atoms with van der Waals surface area (Å²) in [7, 11) is 1.88. The molecule has 1 fully saturated rings. The van der Waals surface area contributed by atoms with Crippen LogP contribution in [0.15, 0.2) is 22.2 Å². The highest BCUT2D eigenvalue weighted by Crippen LogP contribution is 2.26. The maximum atomic E-state index is 12.2. The summed E-state index contributed by atoms with van der Waals surface area (Å²) in [5.41, 5.74) is -0.190. The van der Waals surface area contributed by atoms with Crippen LogP contribution >= 0.6 is 11.8 Å². The van der Waals surface area contributed by atoms with Gasteiger partial charge >= 0.3 is 0 Å². The van der Waals surface area contributed by atoms with Gasteiger partial charge in [-0.25, -0.2) is 4.98 Å². The van der Waals surface area contributed by atoms with Crippen molar-refractivity contribution in [3.63, 3.8) is 0 Å². The Balaban J connectivity index is 1.83. The van der Waals surface area contributed by atoms with Gasteiger partial charge in [0, 0.05) is 25.4 Å². The van der Waals surface area contributed by atoms with Crippen LogP contribution < -0.4 is 5.56 Å². The van der Waals surface area contributed by atoms with E-state index in [1.54, 1.807) is 0 Å². The number of amides is 1. The third kappa shape index (κ3) is 4.10. The smallest absolute Gasteiger partial charge is 0.251 e. The van der Waals surface area contributed by atoms with E-state index in [1.807, 2.05) is 11.9 Å². The van der Waals surface area contributed by atoms with Crippen LogP contribution in [0.2, 0.25) is 0 Å². The summed E-state index contributed by atoms with van der Waals surface area (Å²) in [6, 6.07) is 1.73. The lowest BCUT2D eigenvalue weighted by Gasteiger charge is -2.33. The van der Waals surface area contributed by atoms with Crippen molar-refractivity contribution in [3.8, 4) is 0 Å². The van der Waals surface area contributed by atoms with Gasteiger partial charge < -0.3 is 9.88 Å². The van der Waals surface area contributed by atoms with Gasteiger partial charge in [-0.15, -0.1) is 0 Å². The molecular formula is C14H21N3O2S. The van der Waals surface area contributed by atoms with E-state index in [0.717, 1.165) is 18.8 Å². The molecule has 0 radical (unpaired) electrons. The summed E-state index contributed by atoms with van der Waals surface area (Å²) in [4.78, 5) is 31.8. The number of hydrogen-bond acceptors (Lipinski definition) is 4. The minimum absolute atomic E-state index is 0.0982. The molecule has 1 N–H and O–H groups in total. The van der Waals surface area contributed by atoms with Crippen LogP contribution in [0.1, 0.15) is 32.6 Å². The van der Waals surface area contributed by atoms with Gasteiger partial charge in [-0.1, -0.05) is 18.7 Å². The van der Waals surface area contributed by atoms with Gasteiger partial charge in [0.2, 0.25) is 5.91 Å². The molecular weight excluding hydrogens is 274 g/mol. The number of nitrogens with zero attached hydrogens (tertiary/aromatic N) is 2. The fourth-order valence-electron chi connectivity index (χ4n) is 2.49. The number of carbonyl (C=O) groups is 1. The lowest BCUT2D eigenvalue weighted by molar-refractivity contribution is -0.129. The van der Waals surface area contributed by atoms with Crippen LogP contribution in [0.25, 0.3) is 0 Å². The van der Waals surface area contributed by atoms with Crippen LogP contribution in [0.5, 0.6) is 0 Å². The molecule has 20 heavy (non-hydrogen) atoms.